The number of nitrogens with zero attached hydrogens (tertiary/aromatic N) is 1. The molecule has 0 fully saturated rings. The van der Waals surface area contributed by atoms with Gasteiger partial charge in [-0.25, -0.2) is 0 Å². The van der Waals surface area contributed by atoms with Crippen molar-refractivity contribution in [2.75, 3.05) is 6.61 Å². The van der Waals surface area contributed by atoms with Crippen LogP contribution in [0.15, 0.2) is 12.1 Å². The molecule has 5 heteroatoms. The van der Waals surface area contributed by atoms with Crippen LogP contribution in [0.5, 0.6) is 11.5 Å². The average Bonchev–Trinajstić information content (AvgIpc) is 2.45. The van der Waals surface area contributed by atoms with E-state index in [0.717, 1.165) is 32.1 Å². The predicted octanol–water partition coefficient (Wildman–Crippen LogP) is 5.97. The van der Waals surface area contributed by atoms with Crippen LogP contribution in [-0.4, -0.2) is 16.6 Å². The normalized spacial score (nSPS) is 12.2. The van der Waals surface area contributed by atoms with Crippen LogP contribution in [0.1, 0.15) is 79.2 Å². The van der Waals surface area contributed by atoms with Crippen LogP contribution >= 0.6 is 0 Å². The maximum atomic E-state index is 11.3. The molecule has 0 aliphatic rings. The molecule has 0 unspecified atom stereocenters. The number of unbranched alkanes of at least 4 members (excludes halogenated alkanes) is 3. The second kappa shape index (κ2) is 8.54. The van der Waals surface area contributed by atoms with E-state index in [1.54, 1.807) is 6.07 Å². The second-order valence-corrected chi connectivity index (χ2v) is 8.63. The van der Waals surface area contributed by atoms with Crippen LogP contribution < -0.4 is 4.74 Å². The van der Waals surface area contributed by atoms with Gasteiger partial charge in [-0.1, -0.05) is 60.8 Å². The van der Waals surface area contributed by atoms with Crippen molar-refractivity contribution in [2.45, 2.75) is 79.1 Å². The molecule has 1 rings (SSSR count). The molecule has 0 aromatic heterocycles. The highest BCUT2D eigenvalue weighted by molar-refractivity contribution is 5.57. The lowest BCUT2D eigenvalue weighted by Gasteiger charge is -2.33. The number of aromatic hydroxyl groups is 1. The lowest BCUT2D eigenvalue weighted by atomic mass is 9.72. The zero-order valence-corrected chi connectivity index (χ0v) is 16.5. The van der Waals surface area contributed by atoms with Gasteiger partial charge in [0.25, 0.3) is 0 Å². The number of ether oxygens (including phenoxy) is 1. The zero-order valence-electron chi connectivity index (χ0n) is 16.5. The molecule has 1 aromatic carbocycles. The summed E-state index contributed by atoms with van der Waals surface area (Å²) in [5, 5.41) is 21.8. The Kier molecular flexibility index (Phi) is 7.27. The number of rotatable bonds is 9. The topological polar surface area (TPSA) is 72.6 Å². The fraction of sp³-hybridized carbons (Fsp3) is 0.700. The quantitative estimate of drug-likeness (QED) is 0.338. The summed E-state index contributed by atoms with van der Waals surface area (Å²) in [6.45, 7) is 13.0. The molecular formula is C20H33NO4. The van der Waals surface area contributed by atoms with E-state index >= 15 is 0 Å². The number of phenols is 1. The average molecular weight is 351 g/mol. The van der Waals surface area contributed by atoms with Gasteiger partial charge in [0.1, 0.15) is 5.75 Å². The number of benzene rings is 1. The molecule has 0 aliphatic carbocycles. The van der Waals surface area contributed by atoms with E-state index in [1.807, 2.05) is 13.8 Å². The highest BCUT2D eigenvalue weighted by Gasteiger charge is 2.33. The van der Waals surface area contributed by atoms with Gasteiger partial charge in [-0.2, -0.15) is 0 Å². The summed E-state index contributed by atoms with van der Waals surface area (Å²) in [6.07, 6.45) is 5.09. The minimum absolute atomic E-state index is 0.0295. The Morgan fingerprint density at radius 2 is 1.76 bits per heavy atom. The largest absolute Gasteiger partial charge is 0.502 e. The van der Waals surface area contributed by atoms with Gasteiger partial charge in [-0.3, -0.25) is 10.1 Å². The number of nitro benzene ring substituents is 1. The zero-order chi connectivity index (χ0) is 19.3. The monoisotopic (exact) mass is 351 g/mol. The maximum Gasteiger partial charge on any atom is 0.314 e. The Hall–Kier alpha value is -1.78. The molecule has 1 aromatic rings. The van der Waals surface area contributed by atoms with E-state index in [-0.39, 0.29) is 16.9 Å². The van der Waals surface area contributed by atoms with Crippen molar-refractivity contribution in [1.29, 1.82) is 0 Å². The van der Waals surface area contributed by atoms with Crippen molar-refractivity contribution >= 4 is 5.69 Å². The minimum Gasteiger partial charge on any atom is -0.502 e. The fourth-order valence-corrected chi connectivity index (χ4v) is 3.47. The highest BCUT2D eigenvalue weighted by Crippen LogP contribution is 2.45. The number of hydrogen-bond acceptors (Lipinski definition) is 4. The smallest absolute Gasteiger partial charge is 0.314 e. The molecule has 0 atom stereocenters. The van der Waals surface area contributed by atoms with E-state index in [2.05, 4.69) is 27.7 Å². The Balaban J connectivity index is 3.12. The summed E-state index contributed by atoms with van der Waals surface area (Å²) in [5.74, 6) is 0.204. The summed E-state index contributed by atoms with van der Waals surface area (Å²) in [6, 6.07) is 3.08. The third-order valence-corrected chi connectivity index (χ3v) is 4.23. The van der Waals surface area contributed by atoms with Gasteiger partial charge in [0.2, 0.25) is 0 Å². The summed E-state index contributed by atoms with van der Waals surface area (Å²) in [4.78, 5) is 10.8. The van der Waals surface area contributed by atoms with Crippen LogP contribution in [-0.2, 0) is 5.41 Å². The SMILES string of the molecule is CCCCCCOc1cc([N+](=O)[O-])c(O)c(C(C)(C)CC(C)(C)C)c1. The Bertz CT molecular complexity index is 588. The second-order valence-electron chi connectivity index (χ2n) is 8.63. The van der Waals surface area contributed by atoms with E-state index in [9.17, 15) is 15.2 Å². The first-order valence-electron chi connectivity index (χ1n) is 9.12. The molecule has 1 N–H and O–H groups in total. The predicted molar refractivity (Wildman–Crippen MR) is 101 cm³/mol. The molecule has 5 nitrogen and oxygen atoms in total. The van der Waals surface area contributed by atoms with Crippen molar-refractivity contribution in [3.8, 4) is 11.5 Å². The first kappa shape index (κ1) is 21.3. The molecule has 0 aliphatic heterocycles. The first-order chi connectivity index (χ1) is 11.5. The third-order valence-electron chi connectivity index (χ3n) is 4.23. The number of phenolic OH excluding ortho intramolecular Hbond substituents is 1. The molecule has 142 valence electrons. The third kappa shape index (κ3) is 6.56. The van der Waals surface area contributed by atoms with E-state index in [4.69, 9.17) is 4.74 Å². The van der Waals surface area contributed by atoms with Crippen molar-refractivity contribution in [2.24, 2.45) is 5.41 Å². The van der Waals surface area contributed by atoms with E-state index < -0.39 is 10.3 Å². The Morgan fingerprint density at radius 1 is 1.12 bits per heavy atom. The van der Waals surface area contributed by atoms with Gasteiger partial charge in [-0.15, -0.1) is 0 Å². The van der Waals surface area contributed by atoms with E-state index in [1.165, 1.54) is 6.07 Å². The van der Waals surface area contributed by atoms with Crippen LogP contribution in [0, 0.1) is 15.5 Å². The molecule has 0 radical (unpaired) electrons. The summed E-state index contributed by atoms with van der Waals surface area (Å²) in [7, 11) is 0. The van der Waals surface area contributed by atoms with E-state index in [0.29, 0.717) is 17.9 Å². The van der Waals surface area contributed by atoms with Gasteiger partial charge in [-0.05, 0) is 29.7 Å². The molecule has 0 heterocycles. The van der Waals surface area contributed by atoms with Crippen LogP contribution in [0.2, 0.25) is 0 Å². The first-order valence-corrected chi connectivity index (χ1v) is 9.12. The maximum absolute atomic E-state index is 11.3. The van der Waals surface area contributed by atoms with Gasteiger partial charge in [0.05, 0.1) is 17.6 Å². The fourth-order valence-electron chi connectivity index (χ4n) is 3.47. The van der Waals surface area contributed by atoms with Gasteiger partial charge in [0.15, 0.2) is 5.75 Å². The molecular weight excluding hydrogens is 318 g/mol. The lowest BCUT2D eigenvalue weighted by Crippen LogP contribution is -2.25. The molecule has 0 saturated carbocycles. The van der Waals surface area contributed by atoms with Gasteiger partial charge >= 0.3 is 5.69 Å². The van der Waals surface area contributed by atoms with Crippen molar-refractivity contribution in [1.82, 2.24) is 0 Å². The number of nitro groups is 1. The van der Waals surface area contributed by atoms with Crippen LogP contribution in [0.25, 0.3) is 0 Å². The van der Waals surface area contributed by atoms with Gasteiger partial charge in [0, 0.05) is 5.56 Å². The van der Waals surface area contributed by atoms with Crippen LogP contribution in [0.4, 0.5) is 5.69 Å². The van der Waals surface area contributed by atoms with Crippen molar-refractivity contribution in [3.05, 3.63) is 27.8 Å². The summed E-state index contributed by atoms with van der Waals surface area (Å²) < 4.78 is 5.75. The summed E-state index contributed by atoms with van der Waals surface area (Å²) >= 11 is 0. The Labute approximate surface area is 151 Å². The molecule has 0 amide bonds. The molecule has 0 bridgehead atoms. The molecule has 25 heavy (non-hydrogen) atoms. The van der Waals surface area contributed by atoms with Gasteiger partial charge < -0.3 is 9.84 Å². The Morgan fingerprint density at radius 3 is 2.28 bits per heavy atom. The van der Waals surface area contributed by atoms with Crippen LogP contribution in [0.3, 0.4) is 0 Å². The van der Waals surface area contributed by atoms with Crippen molar-refractivity contribution in [3.63, 3.8) is 0 Å². The standard InChI is InChI=1S/C20H33NO4/c1-7-8-9-10-11-25-15-12-16(18(22)17(13-15)21(23)24)20(5,6)14-19(2,3)4/h12-13,22H,7-11,14H2,1-6H3. The summed E-state index contributed by atoms with van der Waals surface area (Å²) in [5.41, 5.74) is -0.0978. The minimum atomic E-state index is -0.546. The van der Waals surface area contributed by atoms with Crippen molar-refractivity contribution < 1.29 is 14.8 Å². The number of hydrogen-bond donors (Lipinski definition) is 1. The molecule has 0 saturated heterocycles. The molecule has 0 spiro atoms. The highest BCUT2D eigenvalue weighted by atomic mass is 16.6. The lowest BCUT2D eigenvalue weighted by molar-refractivity contribution is -0.386.